The molecule has 0 spiro atoms. The lowest BCUT2D eigenvalue weighted by molar-refractivity contribution is 0.372. The average Bonchev–Trinajstić information content (AvgIpc) is 3.19. The van der Waals surface area contributed by atoms with Crippen LogP contribution in [0, 0.1) is 0 Å². The van der Waals surface area contributed by atoms with Crippen LogP contribution in [0.2, 0.25) is 0 Å². The highest BCUT2D eigenvalue weighted by Crippen LogP contribution is 2.33. The van der Waals surface area contributed by atoms with Crippen molar-refractivity contribution < 1.29 is 4.52 Å². The lowest BCUT2D eigenvalue weighted by Crippen LogP contribution is -2.05. The fraction of sp³-hybridized carbons (Fsp3) is 0.200. The van der Waals surface area contributed by atoms with Gasteiger partial charge in [0.05, 0.1) is 4.88 Å². The molecule has 0 saturated carbocycles. The molecule has 1 aliphatic heterocycles. The molecule has 3 aromatic rings. The number of aromatic nitrogens is 2. The van der Waals surface area contributed by atoms with Gasteiger partial charge >= 0.3 is 0 Å². The highest BCUT2D eigenvalue weighted by molar-refractivity contribution is 7.13. The van der Waals surface area contributed by atoms with E-state index >= 15 is 0 Å². The maximum Gasteiger partial charge on any atom is 0.227 e. The Labute approximate surface area is 120 Å². The summed E-state index contributed by atoms with van der Waals surface area (Å²) in [5, 5.41) is 9.49. The summed E-state index contributed by atoms with van der Waals surface area (Å²) in [6, 6.07) is 12.4. The zero-order valence-corrected chi connectivity index (χ0v) is 11.6. The number of nitrogens with one attached hydrogen (secondary N) is 1. The molecule has 100 valence electrons. The zero-order valence-electron chi connectivity index (χ0n) is 10.7. The van der Waals surface area contributed by atoms with Crippen LogP contribution < -0.4 is 5.32 Å². The number of nitrogens with zero attached hydrogens (tertiary/aromatic N) is 2. The van der Waals surface area contributed by atoms with E-state index in [1.165, 1.54) is 11.3 Å². The first-order valence-electron chi connectivity index (χ1n) is 6.59. The van der Waals surface area contributed by atoms with E-state index in [0.29, 0.717) is 17.6 Å². The zero-order chi connectivity index (χ0) is 13.4. The normalized spacial score (nSPS) is 16.9. The first-order valence-corrected chi connectivity index (χ1v) is 7.47. The van der Waals surface area contributed by atoms with E-state index in [1.807, 2.05) is 17.5 Å². The van der Waals surface area contributed by atoms with E-state index in [0.717, 1.165) is 17.8 Å². The monoisotopic (exact) mass is 283 g/mol. The summed E-state index contributed by atoms with van der Waals surface area (Å²) in [5.74, 6) is 1.80. The predicted octanol–water partition coefficient (Wildman–Crippen LogP) is 3.55. The molecule has 1 atom stereocenters. The van der Waals surface area contributed by atoms with Gasteiger partial charge in [0.15, 0.2) is 0 Å². The Bertz CT molecular complexity index is 720. The number of anilines is 1. The molecule has 0 aliphatic carbocycles. The van der Waals surface area contributed by atoms with E-state index < -0.39 is 0 Å². The van der Waals surface area contributed by atoms with Crippen LogP contribution in [-0.2, 0) is 6.42 Å². The van der Waals surface area contributed by atoms with Crippen molar-refractivity contribution in [3.63, 3.8) is 0 Å². The van der Waals surface area contributed by atoms with Gasteiger partial charge in [-0.25, -0.2) is 0 Å². The van der Waals surface area contributed by atoms with Crippen molar-refractivity contribution in [3.8, 4) is 10.7 Å². The van der Waals surface area contributed by atoms with Gasteiger partial charge < -0.3 is 9.84 Å². The summed E-state index contributed by atoms with van der Waals surface area (Å²) in [6.45, 7) is 0.927. The van der Waals surface area contributed by atoms with Crippen molar-refractivity contribution in [3.05, 3.63) is 53.2 Å². The minimum atomic E-state index is 0.405. The molecule has 0 bridgehead atoms. The number of hydrogen-bond acceptors (Lipinski definition) is 5. The summed E-state index contributed by atoms with van der Waals surface area (Å²) in [5.41, 5.74) is 2.55. The molecular weight excluding hydrogens is 270 g/mol. The molecule has 3 heterocycles. The van der Waals surface area contributed by atoms with E-state index in [1.54, 1.807) is 11.3 Å². The third kappa shape index (κ3) is 2.00. The standard InChI is InChI=1S/C15H13N3OS/c1-2-5-12-11(4-1)10(9-16-12)8-14-17-15(18-19-14)13-6-3-7-20-13/h1-7,10,16H,8-9H2. The number of benzene rings is 1. The van der Waals surface area contributed by atoms with Crippen LogP contribution in [0.4, 0.5) is 5.69 Å². The lowest BCUT2D eigenvalue weighted by atomic mass is 9.98. The van der Waals surface area contributed by atoms with Crippen molar-refractivity contribution in [2.75, 3.05) is 11.9 Å². The van der Waals surface area contributed by atoms with Crippen molar-refractivity contribution in [1.82, 2.24) is 10.1 Å². The maximum absolute atomic E-state index is 5.38. The first-order chi connectivity index (χ1) is 9.90. The second-order valence-corrected chi connectivity index (χ2v) is 5.81. The van der Waals surface area contributed by atoms with Gasteiger partial charge in [0.25, 0.3) is 0 Å². The largest absolute Gasteiger partial charge is 0.384 e. The van der Waals surface area contributed by atoms with Crippen LogP contribution in [0.15, 0.2) is 46.3 Å². The SMILES string of the molecule is c1csc(-c2noc(CC3CNc4ccccc43)n2)c1. The van der Waals surface area contributed by atoms with Gasteiger partial charge in [0.1, 0.15) is 0 Å². The van der Waals surface area contributed by atoms with Crippen LogP contribution in [0.1, 0.15) is 17.4 Å². The summed E-state index contributed by atoms with van der Waals surface area (Å²) >= 11 is 1.62. The molecule has 1 N–H and O–H groups in total. The van der Waals surface area contributed by atoms with E-state index in [4.69, 9.17) is 4.52 Å². The number of hydrogen-bond donors (Lipinski definition) is 1. The van der Waals surface area contributed by atoms with E-state index in [-0.39, 0.29) is 0 Å². The van der Waals surface area contributed by atoms with Gasteiger partial charge in [-0.2, -0.15) is 4.98 Å². The summed E-state index contributed by atoms with van der Waals surface area (Å²) in [7, 11) is 0. The number of fused-ring (bicyclic) bond motifs is 1. The molecule has 4 rings (SSSR count). The molecular formula is C15H13N3OS. The molecule has 0 fully saturated rings. The summed E-state index contributed by atoms with van der Waals surface area (Å²) in [4.78, 5) is 5.54. The topological polar surface area (TPSA) is 51.0 Å². The van der Waals surface area contributed by atoms with Crippen molar-refractivity contribution in [1.29, 1.82) is 0 Å². The number of para-hydroxylation sites is 1. The highest BCUT2D eigenvalue weighted by Gasteiger charge is 2.24. The van der Waals surface area contributed by atoms with Crippen LogP contribution >= 0.6 is 11.3 Å². The fourth-order valence-corrected chi connectivity index (χ4v) is 3.24. The van der Waals surface area contributed by atoms with Crippen molar-refractivity contribution >= 4 is 17.0 Å². The van der Waals surface area contributed by atoms with Gasteiger partial charge in [0, 0.05) is 24.6 Å². The molecule has 1 unspecified atom stereocenters. The fourth-order valence-electron chi connectivity index (χ4n) is 2.59. The van der Waals surface area contributed by atoms with Gasteiger partial charge in [-0.3, -0.25) is 0 Å². The van der Waals surface area contributed by atoms with E-state index in [9.17, 15) is 0 Å². The molecule has 20 heavy (non-hydrogen) atoms. The van der Waals surface area contributed by atoms with Crippen molar-refractivity contribution in [2.45, 2.75) is 12.3 Å². The molecule has 4 nitrogen and oxygen atoms in total. The van der Waals surface area contributed by atoms with Crippen molar-refractivity contribution in [2.24, 2.45) is 0 Å². The molecule has 1 aliphatic rings. The summed E-state index contributed by atoms with van der Waals surface area (Å²) < 4.78 is 5.38. The minimum absolute atomic E-state index is 0.405. The second kappa shape index (κ2) is 4.76. The van der Waals surface area contributed by atoms with Crippen LogP contribution in [0.5, 0.6) is 0 Å². The number of rotatable bonds is 3. The van der Waals surface area contributed by atoms with Crippen LogP contribution in [-0.4, -0.2) is 16.7 Å². The molecule has 0 radical (unpaired) electrons. The van der Waals surface area contributed by atoms with Gasteiger partial charge in [-0.05, 0) is 23.1 Å². The predicted molar refractivity (Wildman–Crippen MR) is 79.0 cm³/mol. The van der Waals surface area contributed by atoms with Gasteiger partial charge in [-0.15, -0.1) is 11.3 Å². The minimum Gasteiger partial charge on any atom is -0.384 e. The third-order valence-corrected chi connectivity index (χ3v) is 4.44. The Balaban J connectivity index is 1.56. The van der Waals surface area contributed by atoms with E-state index in [2.05, 4.69) is 39.7 Å². The molecule has 0 saturated heterocycles. The average molecular weight is 283 g/mol. The van der Waals surface area contributed by atoms with Crippen LogP contribution in [0.3, 0.4) is 0 Å². The molecule has 0 amide bonds. The number of thiophene rings is 1. The Morgan fingerprint density at radius 2 is 2.20 bits per heavy atom. The molecule has 5 heteroatoms. The Kier molecular flexibility index (Phi) is 2.77. The van der Waals surface area contributed by atoms with Crippen LogP contribution in [0.25, 0.3) is 10.7 Å². The molecule has 1 aromatic carbocycles. The second-order valence-electron chi connectivity index (χ2n) is 4.86. The Hall–Kier alpha value is -2.14. The third-order valence-electron chi connectivity index (χ3n) is 3.57. The first kappa shape index (κ1) is 11.7. The Morgan fingerprint density at radius 3 is 3.10 bits per heavy atom. The summed E-state index contributed by atoms with van der Waals surface area (Å²) in [6.07, 6.45) is 0.780. The highest BCUT2D eigenvalue weighted by atomic mass is 32.1. The van der Waals surface area contributed by atoms with Gasteiger partial charge in [0.2, 0.25) is 11.7 Å². The smallest absolute Gasteiger partial charge is 0.227 e. The van der Waals surface area contributed by atoms with Gasteiger partial charge in [-0.1, -0.05) is 29.4 Å². The Morgan fingerprint density at radius 1 is 1.25 bits per heavy atom. The maximum atomic E-state index is 5.38. The molecule has 2 aromatic heterocycles. The lowest BCUT2D eigenvalue weighted by Gasteiger charge is -2.05. The quantitative estimate of drug-likeness (QED) is 0.798.